The molecule has 1 aromatic carbocycles. The molecule has 14 nitrogen and oxygen atoms in total. The van der Waals surface area contributed by atoms with Crippen LogP contribution in [0, 0.1) is 5.92 Å². The molecular weight excluding hydrogens is 612 g/mol. The summed E-state index contributed by atoms with van der Waals surface area (Å²) in [6.45, 7) is 9.41. The summed E-state index contributed by atoms with van der Waals surface area (Å²) in [6, 6.07) is 0.697. The Kier molecular flexibility index (Phi) is 15.2. The topological polar surface area (TPSA) is 212 Å². The van der Waals surface area contributed by atoms with Crippen LogP contribution in [-0.4, -0.2) is 101 Å². The molecule has 1 radical (unpaired) electrons. The van der Waals surface area contributed by atoms with Crippen LogP contribution in [0.1, 0.15) is 54.0 Å². The minimum absolute atomic E-state index is 0.343. The first-order valence-corrected chi connectivity index (χ1v) is 14.5. The molecule has 6 atom stereocenters. The number of carbonyl (C=O) groups excluding carboxylic acids is 6. The normalized spacial score (nSPS) is 15.7. The van der Waals surface area contributed by atoms with E-state index in [1.165, 1.54) is 34.0 Å². The highest BCUT2D eigenvalue weighted by atomic mass is 19.3. The standard InChI is InChI=1S/C30H44F2N5O9/c1-16(2)21(14-38)36-27(44)30(31,32)23(40)20(13-19-11-9-8-10-12-19)35-25(42)18(4)33-24(41)17(3)34-26(43)22(15-39)37-28(45)46-29(5,6)7/h8-12,16-18,20-23,39-40H,13,15H2,1-7H3,(H,33,41)(H,34,43)(H,35,42)(H,36,44)(H,37,45). The van der Waals surface area contributed by atoms with Gasteiger partial charge in [-0.1, -0.05) is 44.2 Å². The lowest BCUT2D eigenvalue weighted by atomic mass is 9.95. The number of alkyl carbamates (subject to hydrolysis) is 1. The van der Waals surface area contributed by atoms with Crippen molar-refractivity contribution in [2.45, 2.75) is 103 Å². The highest BCUT2D eigenvalue weighted by Gasteiger charge is 2.51. The first-order valence-electron chi connectivity index (χ1n) is 14.5. The summed E-state index contributed by atoms with van der Waals surface area (Å²) >= 11 is 0. The van der Waals surface area contributed by atoms with Crippen LogP contribution < -0.4 is 26.6 Å². The molecular formula is C30H44F2N5O9. The number of halogens is 2. The molecule has 0 fully saturated rings. The van der Waals surface area contributed by atoms with Crippen LogP contribution in [-0.2, 0) is 35.1 Å². The number of alkyl halides is 2. The van der Waals surface area contributed by atoms with Gasteiger partial charge in [-0.3, -0.25) is 24.0 Å². The van der Waals surface area contributed by atoms with Gasteiger partial charge < -0.3 is 41.5 Å². The van der Waals surface area contributed by atoms with Gasteiger partial charge in [-0.2, -0.15) is 8.78 Å². The van der Waals surface area contributed by atoms with E-state index in [1.54, 1.807) is 51.1 Å². The fraction of sp³-hybridized carbons (Fsp3) is 0.600. The van der Waals surface area contributed by atoms with Crippen LogP contribution in [0.4, 0.5) is 13.6 Å². The molecule has 0 saturated carbocycles. The monoisotopic (exact) mass is 656 g/mol. The van der Waals surface area contributed by atoms with Crippen LogP contribution in [0.5, 0.6) is 0 Å². The molecule has 0 spiro atoms. The van der Waals surface area contributed by atoms with E-state index in [2.05, 4.69) is 21.3 Å². The van der Waals surface area contributed by atoms with E-state index in [-0.39, 0.29) is 6.42 Å². The van der Waals surface area contributed by atoms with Crippen molar-refractivity contribution in [2.24, 2.45) is 5.92 Å². The van der Waals surface area contributed by atoms with Crippen LogP contribution in [0.2, 0.25) is 0 Å². The molecule has 0 aliphatic rings. The molecule has 0 saturated heterocycles. The van der Waals surface area contributed by atoms with Crippen molar-refractivity contribution in [1.82, 2.24) is 26.6 Å². The van der Waals surface area contributed by atoms with Gasteiger partial charge in [0.2, 0.25) is 24.0 Å². The molecule has 0 aliphatic heterocycles. The molecule has 5 amide bonds. The number of nitrogens with one attached hydrogen (secondary N) is 5. The van der Waals surface area contributed by atoms with E-state index in [0.29, 0.717) is 5.56 Å². The summed E-state index contributed by atoms with van der Waals surface area (Å²) in [5.41, 5.74) is -0.453. The summed E-state index contributed by atoms with van der Waals surface area (Å²) in [5, 5.41) is 31.0. The van der Waals surface area contributed by atoms with E-state index in [9.17, 15) is 39.0 Å². The number of benzene rings is 1. The number of amides is 5. The van der Waals surface area contributed by atoms with Crippen LogP contribution in [0.3, 0.4) is 0 Å². The summed E-state index contributed by atoms with van der Waals surface area (Å²) in [4.78, 5) is 73.7. The van der Waals surface area contributed by atoms with Crippen LogP contribution in [0.15, 0.2) is 30.3 Å². The maximum atomic E-state index is 15.2. The minimum Gasteiger partial charge on any atom is -0.444 e. The van der Waals surface area contributed by atoms with E-state index in [1.807, 2.05) is 5.32 Å². The van der Waals surface area contributed by atoms with Crippen molar-refractivity contribution in [3.05, 3.63) is 35.9 Å². The zero-order valence-corrected chi connectivity index (χ0v) is 26.9. The molecule has 1 aromatic rings. The fourth-order valence-corrected chi connectivity index (χ4v) is 3.80. The highest BCUT2D eigenvalue weighted by Crippen LogP contribution is 2.24. The van der Waals surface area contributed by atoms with Crippen molar-refractivity contribution in [2.75, 3.05) is 6.61 Å². The maximum Gasteiger partial charge on any atom is 0.408 e. The van der Waals surface area contributed by atoms with Gasteiger partial charge in [0.25, 0.3) is 5.91 Å². The van der Waals surface area contributed by atoms with Gasteiger partial charge in [-0.05, 0) is 52.5 Å². The van der Waals surface area contributed by atoms with Gasteiger partial charge in [0, 0.05) is 0 Å². The lowest BCUT2D eigenvalue weighted by Gasteiger charge is -2.31. The number of ether oxygens (including phenoxy) is 1. The largest absolute Gasteiger partial charge is 0.444 e. The van der Waals surface area contributed by atoms with Gasteiger partial charge >= 0.3 is 12.0 Å². The number of aliphatic hydroxyl groups is 2. The Labute approximate surface area is 266 Å². The number of hydrogen-bond donors (Lipinski definition) is 7. The number of rotatable bonds is 16. The lowest BCUT2D eigenvalue weighted by Crippen LogP contribution is -2.61. The Bertz CT molecular complexity index is 1210. The summed E-state index contributed by atoms with van der Waals surface area (Å²) in [7, 11) is 0. The van der Waals surface area contributed by atoms with Crippen molar-refractivity contribution < 1.29 is 52.5 Å². The first kappa shape index (κ1) is 39.8. The molecule has 0 aliphatic carbocycles. The Balaban J connectivity index is 3.00. The van der Waals surface area contributed by atoms with Crippen LogP contribution >= 0.6 is 0 Å². The Morgan fingerprint density at radius 2 is 1.37 bits per heavy atom. The summed E-state index contributed by atoms with van der Waals surface area (Å²) < 4.78 is 35.4. The smallest absolute Gasteiger partial charge is 0.408 e. The average molecular weight is 657 g/mol. The van der Waals surface area contributed by atoms with Gasteiger partial charge in [0.15, 0.2) is 0 Å². The molecule has 16 heteroatoms. The lowest BCUT2D eigenvalue weighted by molar-refractivity contribution is -0.168. The third kappa shape index (κ3) is 12.7. The molecule has 0 bridgehead atoms. The first-order chi connectivity index (χ1) is 21.2. The zero-order valence-electron chi connectivity index (χ0n) is 26.9. The Morgan fingerprint density at radius 3 is 1.85 bits per heavy atom. The van der Waals surface area contributed by atoms with Gasteiger partial charge in [0.05, 0.1) is 18.7 Å². The van der Waals surface area contributed by atoms with Crippen molar-refractivity contribution in [3.8, 4) is 0 Å². The third-order valence-electron chi connectivity index (χ3n) is 6.46. The molecule has 0 aromatic heterocycles. The Hall–Kier alpha value is -4.18. The van der Waals surface area contributed by atoms with Gasteiger partial charge in [-0.15, -0.1) is 0 Å². The predicted molar refractivity (Wildman–Crippen MR) is 161 cm³/mol. The minimum atomic E-state index is -4.46. The molecule has 257 valence electrons. The third-order valence-corrected chi connectivity index (χ3v) is 6.46. The van der Waals surface area contributed by atoms with E-state index in [4.69, 9.17) is 4.74 Å². The van der Waals surface area contributed by atoms with Gasteiger partial charge in [0.1, 0.15) is 29.8 Å². The zero-order chi connectivity index (χ0) is 35.4. The van der Waals surface area contributed by atoms with E-state index >= 15 is 8.78 Å². The molecule has 46 heavy (non-hydrogen) atoms. The SMILES string of the molecule is CC(NC(=O)C(C)NC(=O)C(CO)NC(=O)OC(C)(C)C)C(=O)NC(Cc1ccccc1)C(O)C(F)(F)C(=O)NC([C]=O)C(C)C. The average Bonchev–Trinajstić information content (AvgIpc) is 2.96. The fourth-order valence-electron chi connectivity index (χ4n) is 3.80. The highest BCUT2D eigenvalue weighted by molar-refractivity contribution is 5.93. The second-order valence-electron chi connectivity index (χ2n) is 12.0. The van der Waals surface area contributed by atoms with E-state index < -0.39 is 90.1 Å². The number of aliphatic hydroxyl groups excluding tert-OH is 2. The number of carbonyl (C=O) groups is 5. The molecule has 7 N–H and O–H groups in total. The van der Waals surface area contributed by atoms with Crippen molar-refractivity contribution in [3.63, 3.8) is 0 Å². The second-order valence-corrected chi connectivity index (χ2v) is 12.0. The summed E-state index contributed by atoms with van der Waals surface area (Å²) in [6.07, 6.45) is -2.63. The summed E-state index contributed by atoms with van der Waals surface area (Å²) in [5.74, 6) is -9.81. The quantitative estimate of drug-likeness (QED) is 0.126. The van der Waals surface area contributed by atoms with Crippen LogP contribution in [0.25, 0.3) is 0 Å². The maximum absolute atomic E-state index is 15.2. The Morgan fingerprint density at radius 1 is 0.848 bits per heavy atom. The van der Waals surface area contributed by atoms with Crippen molar-refractivity contribution >= 4 is 36.0 Å². The van der Waals surface area contributed by atoms with E-state index in [0.717, 1.165) is 0 Å². The second kappa shape index (κ2) is 17.5. The number of hydrogen-bond acceptors (Lipinski definition) is 9. The van der Waals surface area contributed by atoms with Gasteiger partial charge in [-0.25, -0.2) is 4.79 Å². The molecule has 0 heterocycles. The molecule has 6 unspecified atom stereocenters. The molecule has 1 rings (SSSR count). The van der Waals surface area contributed by atoms with Crippen molar-refractivity contribution in [1.29, 1.82) is 0 Å². The predicted octanol–water partition coefficient (Wildman–Crippen LogP) is -0.144.